The SMILES string of the molecule is Cc1occc1-c1nnc(SC(C)c2ccccc2)o1. The average molecular weight is 286 g/mol. The van der Waals surface area contributed by atoms with E-state index in [4.69, 9.17) is 8.83 Å². The average Bonchev–Trinajstić information content (AvgIpc) is 3.08. The molecule has 0 spiro atoms. The van der Waals surface area contributed by atoms with Crippen LogP contribution in [0.2, 0.25) is 0 Å². The van der Waals surface area contributed by atoms with Crippen LogP contribution in [0.4, 0.5) is 0 Å². The molecule has 3 aromatic rings. The number of thioether (sulfide) groups is 1. The molecule has 3 rings (SSSR count). The molecule has 102 valence electrons. The molecule has 0 radical (unpaired) electrons. The smallest absolute Gasteiger partial charge is 0.277 e. The Balaban J connectivity index is 1.77. The van der Waals surface area contributed by atoms with E-state index < -0.39 is 0 Å². The number of nitrogens with zero attached hydrogens (tertiary/aromatic N) is 2. The van der Waals surface area contributed by atoms with Crippen molar-refractivity contribution >= 4 is 11.8 Å². The van der Waals surface area contributed by atoms with Crippen molar-refractivity contribution in [3.8, 4) is 11.5 Å². The van der Waals surface area contributed by atoms with Gasteiger partial charge in [-0.15, -0.1) is 10.2 Å². The van der Waals surface area contributed by atoms with Crippen molar-refractivity contribution in [1.29, 1.82) is 0 Å². The molecule has 1 aromatic carbocycles. The fourth-order valence-electron chi connectivity index (χ4n) is 1.92. The van der Waals surface area contributed by atoms with E-state index in [2.05, 4.69) is 29.3 Å². The minimum atomic E-state index is 0.259. The zero-order valence-corrected chi connectivity index (χ0v) is 12.1. The lowest BCUT2D eigenvalue weighted by Crippen LogP contribution is -1.87. The molecule has 0 amide bonds. The van der Waals surface area contributed by atoms with Crippen LogP contribution >= 0.6 is 11.8 Å². The van der Waals surface area contributed by atoms with Crippen LogP contribution in [0, 0.1) is 6.92 Å². The normalized spacial score (nSPS) is 12.5. The quantitative estimate of drug-likeness (QED) is 0.661. The number of aromatic nitrogens is 2. The van der Waals surface area contributed by atoms with Gasteiger partial charge in [0, 0.05) is 5.25 Å². The van der Waals surface area contributed by atoms with E-state index in [1.165, 1.54) is 5.56 Å². The number of hydrogen-bond donors (Lipinski definition) is 0. The van der Waals surface area contributed by atoms with Gasteiger partial charge < -0.3 is 8.83 Å². The van der Waals surface area contributed by atoms with Gasteiger partial charge in [-0.25, -0.2) is 0 Å². The Morgan fingerprint density at radius 3 is 2.60 bits per heavy atom. The van der Waals surface area contributed by atoms with E-state index in [9.17, 15) is 0 Å². The summed E-state index contributed by atoms with van der Waals surface area (Å²) in [4.78, 5) is 0. The zero-order chi connectivity index (χ0) is 13.9. The molecule has 0 N–H and O–H groups in total. The maximum absolute atomic E-state index is 5.68. The molecule has 0 fully saturated rings. The summed E-state index contributed by atoms with van der Waals surface area (Å²) in [6.45, 7) is 3.99. The molecular weight excluding hydrogens is 272 g/mol. The molecule has 0 aliphatic heterocycles. The Labute approximate surface area is 121 Å². The Kier molecular flexibility index (Phi) is 3.60. The number of rotatable bonds is 4. The van der Waals surface area contributed by atoms with Crippen LogP contribution in [-0.4, -0.2) is 10.2 Å². The lowest BCUT2D eigenvalue weighted by molar-refractivity contribution is 0.462. The third-order valence-corrected chi connectivity index (χ3v) is 4.03. The first-order valence-corrected chi connectivity index (χ1v) is 7.21. The van der Waals surface area contributed by atoms with Crippen molar-refractivity contribution in [2.45, 2.75) is 24.3 Å². The first kappa shape index (κ1) is 13.0. The van der Waals surface area contributed by atoms with Gasteiger partial charge in [0.2, 0.25) is 0 Å². The molecule has 2 aromatic heterocycles. The highest BCUT2D eigenvalue weighted by Gasteiger charge is 2.16. The highest BCUT2D eigenvalue weighted by atomic mass is 32.2. The first-order chi connectivity index (χ1) is 9.74. The molecule has 0 aliphatic carbocycles. The molecule has 0 saturated carbocycles. The van der Waals surface area contributed by atoms with Gasteiger partial charge in [-0.3, -0.25) is 0 Å². The van der Waals surface area contributed by atoms with E-state index in [1.54, 1.807) is 18.0 Å². The van der Waals surface area contributed by atoms with E-state index in [-0.39, 0.29) is 5.25 Å². The van der Waals surface area contributed by atoms with Crippen molar-refractivity contribution < 1.29 is 8.83 Å². The molecule has 5 heteroatoms. The van der Waals surface area contributed by atoms with E-state index >= 15 is 0 Å². The lowest BCUT2D eigenvalue weighted by atomic mass is 10.2. The monoisotopic (exact) mass is 286 g/mol. The van der Waals surface area contributed by atoms with Crippen molar-refractivity contribution in [2.24, 2.45) is 0 Å². The third-order valence-electron chi connectivity index (χ3n) is 3.04. The second kappa shape index (κ2) is 5.54. The molecular formula is C15H14N2O2S. The second-order valence-electron chi connectivity index (χ2n) is 4.43. The van der Waals surface area contributed by atoms with Crippen LogP contribution in [-0.2, 0) is 0 Å². The fraction of sp³-hybridized carbons (Fsp3) is 0.200. The fourth-order valence-corrected chi connectivity index (χ4v) is 2.73. The Bertz CT molecular complexity index is 691. The Morgan fingerprint density at radius 2 is 1.90 bits per heavy atom. The van der Waals surface area contributed by atoms with Crippen molar-refractivity contribution in [3.63, 3.8) is 0 Å². The minimum Gasteiger partial charge on any atom is -0.469 e. The summed E-state index contributed by atoms with van der Waals surface area (Å²) < 4.78 is 10.9. The van der Waals surface area contributed by atoms with Crippen molar-refractivity contribution in [2.75, 3.05) is 0 Å². The summed E-state index contributed by atoms with van der Waals surface area (Å²) in [5.41, 5.74) is 2.08. The van der Waals surface area contributed by atoms with Crippen LogP contribution in [0.1, 0.15) is 23.5 Å². The summed E-state index contributed by atoms with van der Waals surface area (Å²) in [5, 5.41) is 8.98. The van der Waals surface area contributed by atoms with E-state index in [1.807, 2.05) is 31.2 Å². The van der Waals surface area contributed by atoms with Gasteiger partial charge in [0.1, 0.15) is 5.76 Å². The summed E-state index contributed by atoms with van der Waals surface area (Å²) in [7, 11) is 0. The molecule has 2 heterocycles. The Hall–Kier alpha value is -2.01. The van der Waals surface area contributed by atoms with Crippen LogP contribution in [0.5, 0.6) is 0 Å². The van der Waals surface area contributed by atoms with Gasteiger partial charge >= 0.3 is 0 Å². The minimum absolute atomic E-state index is 0.259. The molecule has 0 aliphatic rings. The van der Waals surface area contributed by atoms with Gasteiger partial charge in [0.05, 0.1) is 11.8 Å². The summed E-state index contributed by atoms with van der Waals surface area (Å²) in [6, 6.07) is 12.1. The van der Waals surface area contributed by atoms with Gasteiger partial charge in [-0.1, -0.05) is 42.1 Å². The predicted octanol–water partition coefficient (Wildman–Crippen LogP) is 4.49. The van der Waals surface area contributed by atoms with Crippen LogP contribution in [0.3, 0.4) is 0 Å². The van der Waals surface area contributed by atoms with Crippen molar-refractivity contribution in [3.05, 3.63) is 54.0 Å². The predicted molar refractivity (Wildman–Crippen MR) is 77.5 cm³/mol. The van der Waals surface area contributed by atoms with E-state index in [0.717, 1.165) is 11.3 Å². The standard InChI is InChI=1S/C15H14N2O2S/c1-10-13(8-9-18-10)14-16-17-15(19-14)20-11(2)12-6-4-3-5-7-12/h3-9,11H,1-2H3. The highest BCUT2D eigenvalue weighted by molar-refractivity contribution is 7.99. The zero-order valence-electron chi connectivity index (χ0n) is 11.2. The maximum Gasteiger partial charge on any atom is 0.277 e. The molecule has 1 unspecified atom stereocenters. The molecule has 0 saturated heterocycles. The summed E-state index contributed by atoms with van der Waals surface area (Å²) in [5.74, 6) is 1.28. The third kappa shape index (κ3) is 2.63. The highest BCUT2D eigenvalue weighted by Crippen LogP contribution is 2.35. The molecule has 4 nitrogen and oxygen atoms in total. The largest absolute Gasteiger partial charge is 0.469 e. The topological polar surface area (TPSA) is 52.1 Å². The van der Waals surface area contributed by atoms with E-state index in [0.29, 0.717) is 11.1 Å². The lowest BCUT2D eigenvalue weighted by Gasteiger charge is -2.07. The van der Waals surface area contributed by atoms with Gasteiger partial charge in [-0.05, 0) is 25.5 Å². The van der Waals surface area contributed by atoms with Crippen LogP contribution in [0.25, 0.3) is 11.5 Å². The number of benzene rings is 1. The van der Waals surface area contributed by atoms with Gasteiger partial charge in [0.15, 0.2) is 0 Å². The van der Waals surface area contributed by atoms with Crippen LogP contribution < -0.4 is 0 Å². The number of hydrogen-bond acceptors (Lipinski definition) is 5. The van der Waals surface area contributed by atoms with Crippen molar-refractivity contribution in [1.82, 2.24) is 10.2 Å². The number of furan rings is 1. The molecule has 20 heavy (non-hydrogen) atoms. The first-order valence-electron chi connectivity index (χ1n) is 6.33. The molecule has 0 bridgehead atoms. The summed E-state index contributed by atoms with van der Waals surface area (Å²) in [6.07, 6.45) is 1.62. The van der Waals surface area contributed by atoms with Gasteiger partial charge in [-0.2, -0.15) is 0 Å². The summed E-state index contributed by atoms with van der Waals surface area (Å²) >= 11 is 1.55. The Morgan fingerprint density at radius 1 is 1.10 bits per heavy atom. The maximum atomic E-state index is 5.68. The number of aryl methyl sites for hydroxylation is 1. The molecule has 1 atom stereocenters. The van der Waals surface area contributed by atoms with Crippen LogP contribution in [0.15, 0.2) is 56.7 Å². The van der Waals surface area contributed by atoms with Gasteiger partial charge in [0.25, 0.3) is 11.1 Å². The second-order valence-corrected chi connectivity index (χ2v) is 5.73.